The maximum Gasteiger partial charge on any atom is 0.247 e. The van der Waals surface area contributed by atoms with Crippen molar-refractivity contribution in [2.45, 2.75) is 20.4 Å². The third-order valence-electron chi connectivity index (χ3n) is 3.43. The van der Waals surface area contributed by atoms with Gasteiger partial charge >= 0.3 is 0 Å². The van der Waals surface area contributed by atoms with Gasteiger partial charge in [0.15, 0.2) is 0 Å². The van der Waals surface area contributed by atoms with Crippen molar-refractivity contribution in [3.8, 4) is 0 Å². The molecule has 19 heavy (non-hydrogen) atoms. The molecule has 104 valence electrons. The Kier molecular flexibility index (Phi) is 4.37. The molecule has 1 aromatic rings. The van der Waals surface area contributed by atoms with Crippen LogP contribution in [-0.2, 0) is 11.3 Å². The number of pyridine rings is 1. The molecule has 1 aliphatic rings. The van der Waals surface area contributed by atoms with Crippen LogP contribution in [0.1, 0.15) is 19.4 Å². The molecule has 1 saturated heterocycles. The van der Waals surface area contributed by atoms with Gasteiger partial charge in [0.25, 0.3) is 0 Å². The van der Waals surface area contributed by atoms with Gasteiger partial charge in [-0.1, -0.05) is 19.9 Å². The molecule has 1 aliphatic heterocycles. The van der Waals surface area contributed by atoms with Gasteiger partial charge in [0.05, 0.1) is 0 Å². The predicted octanol–water partition coefficient (Wildman–Crippen LogP) is 0.675. The van der Waals surface area contributed by atoms with E-state index in [9.17, 15) is 9.59 Å². The minimum atomic E-state index is -0.0731. The number of amides is 1. The molecular formula is C14H21N3O2. The maximum atomic E-state index is 11.9. The Labute approximate surface area is 113 Å². The van der Waals surface area contributed by atoms with Crippen molar-refractivity contribution >= 4 is 5.91 Å². The van der Waals surface area contributed by atoms with Crippen molar-refractivity contribution in [1.29, 1.82) is 0 Å². The predicted molar refractivity (Wildman–Crippen MR) is 73.8 cm³/mol. The normalized spacial score (nSPS) is 16.9. The van der Waals surface area contributed by atoms with E-state index in [0.717, 1.165) is 38.3 Å². The van der Waals surface area contributed by atoms with Crippen LogP contribution in [0.25, 0.3) is 0 Å². The van der Waals surface area contributed by atoms with Crippen LogP contribution in [0.3, 0.4) is 0 Å². The van der Waals surface area contributed by atoms with Crippen LogP contribution in [0.15, 0.2) is 23.1 Å². The van der Waals surface area contributed by atoms with E-state index in [1.54, 1.807) is 12.3 Å². The van der Waals surface area contributed by atoms with E-state index in [1.165, 1.54) is 0 Å². The molecule has 1 amide bonds. The van der Waals surface area contributed by atoms with Gasteiger partial charge in [-0.25, -0.2) is 0 Å². The molecule has 0 atom stereocenters. The highest BCUT2D eigenvalue weighted by molar-refractivity contribution is 5.78. The molecule has 0 spiro atoms. The van der Waals surface area contributed by atoms with Crippen LogP contribution in [0.5, 0.6) is 0 Å². The van der Waals surface area contributed by atoms with E-state index in [2.05, 4.69) is 9.88 Å². The van der Waals surface area contributed by atoms with E-state index < -0.39 is 0 Å². The third kappa shape index (κ3) is 3.67. The molecule has 0 aromatic carbocycles. The number of carbonyl (C=O) groups excluding carboxylic acids is 1. The Balaban J connectivity index is 1.85. The lowest BCUT2D eigenvalue weighted by molar-refractivity contribution is -0.136. The number of H-pyrrole nitrogens is 1. The minimum Gasteiger partial charge on any atom is -0.340 e. The molecule has 5 nitrogen and oxygen atoms in total. The van der Waals surface area contributed by atoms with Crippen molar-refractivity contribution in [3.05, 3.63) is 34.2 Å². The number of aromatic nitrogens is 1. The Morgan fingerprint density at radius 1 is 1.26 bits per heavy atom. The highest BCUT2D eigenvalue weighted by Gasteiger charge is 2.22. The summed E-state index contributed by atoms with van der Waals surface area (Å²) in [5.74, 6) is 0.314. The Hall–Kier alpha value is -1.62. The van der Waals surface area contributed by atoms with Crippen molar-refractivity contribution in [3.63, 3.8) is 0 Å². The first-order valence-electron chi connectivity index (χ1n) is 6.75. The first-order valence-corrected chi connectivity index (χ1v) is 6.75. The lowest BCUT2D eigenvalue weighted by Gasteiger charge is -2.35. The first-order chi connectivity index (χ1) is 9.06. The molecule has 0 aliphatic carbocycles. The number of rotatable bonds is 3. The number of carbonyl (C=O) groups is 1. The van der Waals surface area contributed by atoms with E-state index in [0.29, 0.717) is 0 Å². The number of hydrogen-bond donors (Lipinski definition) is 1. The average Bonchev–Trinajstić information content (AvgIpc) is 2.41. The van der Waals surface area contributed by atoms with Gasteiger partial charge in [0.1, 0.15) is 0 Å². The lowest BCUT2D eigenvalue weighted by Crippen LogP contribution is -2.49. The highest BCUT2D eigenvalue weighted by atomic mass is 16.2. The minimum absolute atomic E-state index is 0.0731. The molecule has 0 unspecified atom stereocenters. The Bertz CT molecular complexity index is 467. The zero-order valence-electron chi connectivity index (χ0n) is 11.6. The summed E-state index contributed by atoms with van der Waals surface area (Å²) < 4.78 is 0. The fourth-order valence-corrected chi connectivity index (χ4v) is 2.29. The van der Waals surface area contributed by atoms with Gasteiger partial charge in [-0.15, -0.1) is 0 Å². The number of hydrogen-bond acceptors (Lipinski definition) is 3. The molecule has 0 radical (unpaired) electrons. The summed E-state index contributed by atoms with van der Waals surface area (Å²) >= 11 is 0. The number of aromatic amines is 1. The molecule has 5 heteroatoms. The molecule has 2 rings (SSSR count). The summed E-state index contributed by atoms with van der Waals surface area (Å²) in [7, 11) is 0. The first kappa shape index (κ1) is 13.8. The monoisotopic (exact) mass is 263 g/mol. The number of piperazine rings is 1. The summed E-state index contributed by atoms with van der Waals surface area (Å²) in [6.07, 6.45) is 1.76. The van der Waals surface area contributed by atoms with Crippen LogP contribution in [0.2, 0.25) is 0 Å². The smallest absolute Gasteiger partial charge is 0.247 e. The van der Waals surface area contributed by atoms with Crippen LogP contribution >= 0.6 is 0 Å². The van der Waals surface area contributed by atoms with E-state index in [4.69, 9.17) is 0 Å². The van der Waals surface area contributed by atoms with Gasteiger partial charge in [0.2, 0.25) is 11.5 Å². The van der Waals surface area contributed by atoms with E-state index in [1.807, 2.05) is 24.8 Å². The van der Waals surface area contributed by atoms with Crippen LogP contribution in [0, 0.1) is 5.92 Å². The summed E-state index contributed by atoms with van der Waals surface area (Å²) in [6, 6.07) is 3.40. The standard InChI is InChI=1S/C14H21N3O2/c1-11(2)14(19)17-7-5-16(6-8-17)10-12-3-4-13(18)15-9-12/h3-4,9,11H,5-8,10H2,1-2H3,(H,15,18). The molecule has 0 bridgehead atoms. The number of nitrogens with one attached hydrogen (secondary N) is 1. The lowest BCUT2D eigenvalue weighted by atomic mass is 10.1. The third-order valence-corrected chi connectivity index (χ3v) is 3.43. The Morgan fingerprint density at radius 2 is 1.95 bits per heavy atom. The van der Waals surface area contributed by atoms with Crippen molar-refractivity contribution in [2.75, 3.05) is 26.2 Å². The highest BCUT2D eigenvalue weighted by Crippen LogP contribution is 2.09. The summed E-state index contributed by atoms with van der Waals surface area (Å²) in [5.41, 5.74) is 1.03. The summed E-state index contributed by atoms with van der Waals surface area (Å²) in [5, 5.41) is 0. The van der Waals surface area contributed by atoms with Crippen LogP contribution in [0.4, 0.5) is 0 Å². The van der Waals surface area contributed by atoms with Crippen LogP contribution in [-0.4, -0.2) is 46.9 Å². The zero-order chi connectivity index (χ0) is 13.8. The number of nitrogens with zero attached hydrogens (tertiary/aromatic N) is 2. The quantitative estimate of drug-likeness (QED) is 0.872. The second-order valence-corrected chi connectivity index (χ2v) is 5.32. The van der Waals surface area contributed by atoms with Gasteiger partial charge in [-0.2, -0.15) is 0 Å². The van der Waals surface area contributed by atoms with Gasteiger partial charge in [-0.05, 0) is 5.56 Å². The summed E-state index contributed by atoms with van der Waals surface area (Å²) in [6.45, 7) is 8.06. The second-order valence-electron chi connectivity index (χ2n) is 5.32. The topological polar surface area (TPSA) is 56.4 Å². The molecular weight excluding hydrogens is 242 g/mol. The van der Waals surface area contributed by atoms with Gasteiger partial charge in [-0.3, -0.25) is 14.5 Å². The van der Waals surface area contributed by atoms with Gasteiger partial charge in [0, 0.05) is 50.9 Å². The fourth-order valence-electron chi connectivity index (χ4n) is 2.29. The van der Waals surface area contributed by atoms with Crippen LogP contribution < -0.4 is 5.56 Å². The average molecular weight is 263 g/mol. The molecule has 0 saturated carbocycles. The molecule has 1 fully saturated rings. The van der Waals surface area contributed by atoms with Crippen molar-refractivity contribution < 1.29 is 4.79 Å². The maximum absolute atomic E-state index is 11.9. The fraction of sp³-hybridized carbons (Fsp3) is 0.571. The van der Waals surface area contributed by atoms with Crippen molar-refractivity contribution in [1.82, 2.24) is 14.8 Å². The largest absolute Gasteiger partial charge is 0.340 e. The van der Waals surface area contributed by atoms with E-state index >= 15 is 0 Å². The van der Waals surface area contributed by atoms with Gasteiger partial charge < -0.3 is 9.88 Å². The Morgan fingerprint density at radius 3 is 2.47 bits per heavy atom. The zero-order valence-corrected chi connectivity index (χ0v) is 11.6. The second kappa shape index (κ2) is 6.02. The molecule has 2 heterocycles. The van der Waals surface area contributed by atoms with E-state index in [-0.39, 0.29) is 17.4 Å². The molecule has 1 aromatic heterocycles. The summed E-state index contributed by atoms with van der Waals surface area (Å²) in [4.78, 5) is 29.8. The molecule has 1 N–H and O–H groups in total. The van der Waals surface area contributed by atoms with Crippen molar-refractivity contribution in [2.24, 2.45) is 5.92 Å². The SMILES string of the molecule is CC(C)C(=O)N1CCN(Cc2ccc(=O)[nH]c2)CC1.